The molecule has 4 rings (SSSR count). The van der Waals surface area contributed by atoms with Crippen LogP contribution in [0.15, 0.2) is 24.3 Å². The number of anilines is 1. The van der Waals surface area contributed by atoms with E-state index in [4.69, 9.17) is 4.74 Å². The molecular weight excluding hydrogens is 321 g/mol. The summed E-state index contributed by atoms with van der Waals surface area (Å²) < 4.78 is 21.0. The topological polar surface area (TPSA) is 46.4 Å². The number of aromatic nitrogens is 3. The summed E-state index contributed by atoms with van der Waals surface area (Å²) in [4.78, 5) is 4.72. The third kappa shape index (κ3) is 3.39. The van der Waals surface area contributed by atoms with E-state index in [0.29, 0.717) is 12.6 Å². The molecule has 134 valence electrons. The highest BCUT2D eigenvalue weighted by Gasteiger charge is 2.26. The summed E-state index contributed by atoms with van der Waals surface area (Å²) in [6, 6.07) is 7.10. The standard InChI is InChI=1S/C18H24FN5O/c1-2-15-12-25-13-18-21-20-17(24(15)18)11-22-7-9-23(10-8-22)16-5-3-14(19)4-6-16/h3-6,15H,2,7-13H2,1H3. The first-order valence-electron chi connectivity index (χ1n) is 8.98. The van der Waals surface area contributed by atoms with Gasteiger partial charge in [-0.15, -0.1) is 10.2 Å². The summed E-state index contributed by atoms with van der Waals surface area (Å²) in [5.41, 5.74) is 1.09. The SMILES string of the molecule is CCC1COCc2nnc(CN3CCN(c4ccc(F)cc4)CC3)n21. The van der Waals surface area contributed by atoms with Crippen LogP contribution < -0.4 is 4.90 Å². The van der Waals surface area contributed by atoms with Gasteiger partial charge in [0, 0.05) is 31.9 Å². The van der Waals surface area contributed by atoms with Gasteiger partial charge in [-0.05, 0) is 30.7 Å². The normalized spacial score (nSPS) is 21.4. The quantitative estimate of drug-likeness (QED) is 0.850. The lowest BCUT2D eigenvalue weighted by atomic mass is 10.2. The van der Waals surface area contributed by atoms with Crippen LogP contribution in [0.1, 0.15) is 31.0 Å². The van der Waals surface area contributed by atoms with Crippen molar-refractivity contribution in [3.63, 3.8) is 0 Å². The largest absolute Gasteiger partial charge is 0.371 e. The highest BCUT2D eigenvalue weighted by Crippen LogP contribution is 2.23. The maximum Gasteiger partial charge on any atom is 0.159 e. The Hall–Kier alpha value is -1.99. The molecule has 1 unspecified atom stereocenters. The highest BCUT2D eigenvalue weighted by molar-refractivity contribution is 5.46. The number of hydrogen-bond acceptors (Lipinski definition) is 5. The van der Waals surface area contributed by atoms with Crippen LogP contribution in [0.3, 0.4) is 0 Å². The van der Waals surface area contributed by atoms with E-state index in [9.17, 15) is 4.39 Å². The monoisotopic (exact) mass is 345 g/mol. The lowest BCUT2D eigenvalue weighted by molar-refractivity contribution is 0.0511. The zero-order valence-electron chi connectivity index (χ0n) is 14.6. The smallest absolute Gasteiger partial charge is 0.159 e. The summed E-state index contributed by atoms with van der Waals surface area (Å²) in [5, 5.41) is 8.72. The minimum atomic E-state index is -0.187. The molecule has 3 heterocycles. The number of benzene rings is 1. The van der Waals surface area contributed by atoms with Crippen LogP contribution in [-0.4, -0.2) is 52.5 Å². The molecule has 1 saturated heterocycles. The van der Waals surface area contributed by atoms with Crippen molar-refractivity contribution in [3.05, 3.63) is 41.7 Å². The predicted octanol–water partition coefficient (Wildman–Crippen LogP) is 2.22. The molecule has 0 N–H and O–H groups in total. The van der Waals surface area contributed by atoms with Crippen molar-refractivity contribution in [3.8, 4) is 0 Å². The van der Waals surface area contributed by atoms with Crippen LogP contribution in [-0.2, 0) is 17.9 Å². The van der Waals surface area contributed by atoms with Crippen LogP contribution in [0.4, 0.5) is 10.1 Å². The number of piperazine rings is 1. The fourth-order valence-electron chi connectivity index (χ4n) is 3.67. The Morgan fingerprint density at radius 2 is 1.88 bits per heavy atom. The number of fused-ring (bicyclic) bond motifs is 1. The molecule has 0 saturated carbocycles. The molecule has 0 amide bonds. The third-order valence-corrected chi connectivity index (χ3v) is 5.14. The van der Waals surface area contributed by atoms with Crippen LogP contribution in [0, 0.1) is 5.82 Å². The fourth-order valence-corrected chi connectivity index (χ4v) is 3.67. The summed E-state index contributed by atoms with van der Waals surface area (Å²) >= 11 is 0. The first-order chi connectivity index (χ1) is 12.2. The molecule has 1 aromatic heterocycles. The van der Waals surface area contributed by atoms with Crippen molar-refractivity contribution in [1.29, 1.82) is 0 Å². The molecule has 0 radical (unpaired) electrons. The summed E-state index contributed by atoms with van der Waals surface area (Å²) in [5.74, 6) is 1.80. The number of hydrogen-bond donors (Lipinski definition) is 0. The molecular formula is C18H24FN5O. The maximum absolute atomic E-state index is 13.1. The Kier molecular flexibility index (Phi) is 4.67. The van der Waals surface area contributed by atoms with E-state index >= 15 is 0 Å². The number of ether oxygens (including phenoxy) is 1. The molecule has 1 fully saturated rings. The second kappa shape index (κ2) is 7.09. The lowest BCUT2D eigenvalue weighted by Crippen LogP contribution is -2.46. The lowest BCUT2D eigenvalue weighted by Gasteiger charge is -2.36. The van der Waals surface area contributed by atoms with E-state index < -0.39 is 0 Å². The van der Waals surface area contributed by atoms with Gasteiger partial charge in [0.25, 0.3) is 0 Å². The number of rotatable bonds is 4. The van der Waals surface area contributed by atoms with Gasteiger partial charge in [-0.3, -0.25) is 4.90 Å². The van der Waals surface area contributed by atoms with Crippen molar-refractivity contribution in [2.45, 2.75) is 32.5 Å². The summed E-state index contributed by atoms with van der Waals surface area (Å²) in [7, 11) is 0. The zero-order valence-corrected chi connectivity index (χ0v) is 14.6. The van der Waals surface area contributed by atoms with Crippen LogP contribution in [0.25, 0.3) is 0 Å². The van der Waals surface area contributed by atoms with Gasteiger partial charge in [0.15, 0.2) is 5.82 Å². The molecule has 2 aromatic rings. The number of halogens is 1. The van der Waals surface area contributed by atoms with Gasteiger partial charge in [0.05, 0.1) is 19.2 Å². The predicted molar refractivity (Wildman–Crippen MR) is 92.9 cm³/mol. The molecule has 0 aliphatic carbocycles. The van der Waals surface area contributed by atoms with Crippen molar-refractivity contribution in [2.75, 3.05) is 37.7 Å². The minimum absolute atomic E-state index is 0.187. The average molecular weight is 345 g/mol. The van der Waals surface area contributed by atoms with Crippen molar-refractivity contribution in [1.82, 2.24) is 19.7 Å². The zero-order chi connectivity index (χ0) is 17.2. The molecule has 0 spiro atoms. The van der Waals surface area contributed by atoms with Crippen LogP contribution in [0.2, 0.25) is 0 Å². The molecule has 6 nitrogen and oxygen atoms in total. The van der Waals surface area contributed by atoms with E-state index in [0.717, 1.165) is 63.1 Å². The summed E-state index contributed by atoms with van der Waals surface area (Å²) in [6.45, 7) is 8.10. The van der Waals surface area contributed by atoms with E-state index in [1.165, 1.54) is 12.1 Å². The van der Waals surface area contributed by atoms with Crippen molar-refractivity contribution in [2.24, 2.45) is 0 Å². The molecule has 2 aliphatic heterocycles. The van der Waals surface area contributed by atoms with Gasteiger partial charge >= 0.3 is 0 Å². The average Bonchev–Trinajstić information content (AvgIpc) is 3.06. The minimum Gasteiger partial charge on any atom is -0.371 e. The van der Waals surface area contributed by atoms with E-state index in [2.05, 4.69) is 31.5 Å². The maximum atomic E-state index is 13.1. The third-order valence-electron chi connectivity index (χ3n) is 5.14. The molecule has 1 aromatic carbocycles. The van der Waals surface area contributed by atoms with Gasteiger partial charge in [-0.2, -0.15) is 0 Å². The molecule has 25 heavy (non-hydrogen) atoms. The van der Waals surface area contributed by atoms with Gasteiger partial charge in [-0.25, -0.2) is 4.39 Å². The highest BCUT2D eigenvalue weighted by atomic mass is 19.1. The summed E-state index contributed by atoms with van der Waals surface area (Å²) in [6.07, 6.45) is 1.02. The van der Waals surface area contributed by atoms with Gasteiger partial charge in [0.1, 0.15) is 18.2 Å². The Labute approximate surface area is 147 Å². The Bertz CT molecular complexity index is 709. The fraction of sp³-hybridized carbons (Fsp3) is 0.556. The first kappa shape index (κ1) is 16.5. The van der Waals surface area contributed by atoms with E-state index in [-0.39, 0.29) is 5.82 Å². The molecule has 2 aliphatic rings. The molecule has 0 bridgehead atoms. The van der Waals surface area contributed by atoms with E-state index in [1.807, 2.05) is 12.1 Å². The first-order valence-corrected chi connectivity index (χ1v) is 8.98. The van der Waals surface area contributed by atoms with Crippen LogP contribution in [0.5, 0.6) is 0 Å². The number of nitrogens with zero attached hydrogens (tertiary/aromatic N) is 5. The second-order valence-corrected chi connectivity index (χ2v) is 6.72. The Morgan fingerprint density at radius 3 is 2.60 bits per heavy atom. The van der Waals surface area contributed by atoms with Gasteiger partial charge in [-0.1, -0.05) is 6.92 Å². The Morgan fingerprint density at radius 1 is 1.12 bits per heavy atom. The second-order valence-electron chi connectivity index (χ2n) is 6.72. The Balaban J connectivity index is 1.39. The molecule has 7 heteroatoms. The van der Waals surface area contributed by atoms with Crippen molar-refractivity contribution >= 4 is 5.69 Å². The van der Waals surface area contributed by atoms with Gasteiger partial charge in [0.2, 0.25) is 0 Å². The van der Waals surface area contributed by atoms with E-state index in [1.54, 1.807) is 0 Å². The van der Waals surface area contributed by atoms with Crippen LogP contribution >= 0.6 is 0 Å². The van der Waals surface area contributed by atoms with Crippen molar-refractivity contribution < 1.29 is 9.13 Å². The van der Waals surface area contributed by atoms with Gasteiger partial charge < -0.3 is 14.2 Å². The molecule has 1 atom stereocenters.